The van der Waals surface area contributed by atoms with E-state index in [1.807, 2.05) is 13.8 Å². The average Bonchev–Trinajstić information content (AvgIpc) is 2.91. The van der Waals surface area contributed by atoms with Gasteiger partial charge in [-0.1, -0.05) is 0 Å². The number of hydrogen-bond acceptors (Lipinski definition) is 5. The molecule has 0 radical (unpaired) electrons. The summed E-state index contributed by atoms with van der Waals surface area (Å²) in [7, 11) is 0. The standard InChI is InChI=1S/C17H20N2O3/c1-9-5-12-13(6-10(9)2)19-17(18-12)8-16(3,4)22-14-11(17)7-21-15(14)20/h5-6,18-19H,7-8H2,1-4H3. The monoisotopic (exact) mass is 300 g/mol. The molecule has 3 aliphatic heterocycles. The highest BCUT2D eigenvalue weighted by atomic mass is 16.6. The Hall–Kier alpha value is -2.17. The minimum atomic E-state index is -0.508. The van der Waals surface area contributed by atoms with Crippen molar-refractivity contribution in [2.45, 2.75) is 45.4 Å². The lowest BCUT2D eigenvalue weighted by atomic mass is 9.85. The molecule has 5 nitrogen and oxygen atoms in total. The van der Waals surface area contributed by atoms with Gasteiger partial charge in [-0.2, -0.15) is 0 Å². The van der Waals surface area contributed by atoms with Gasteiger partial charge in [-0.15, -0.1) is 0 Å². The lowest BCUT2D eigenvalue weighted by molar-refractivity contribution is -0.142. The van der Waals surface area contributed by atoms with Crippen molar-refractivity contribution in [3.8, 4) is 0 Å². The van der Waals surface area contributed by atoms with E-state index in [4.69, 9.17) is 9.47 Å². The van der Waals surface area contributed by atoms with Crippen LogP contribution in [-0.4, -0.2) is 23.8 Å². The molecular formula is C17H20N2O3. The molecule has 4 rings (SSSR count). The van der Waals surface area contributed by atoms with Crippen molar-refractivity contribution in [1.29, 1.82) is 0 Å². The fourth-order valence-electron chi connectivity index (χ4n) is 3.62. The van der Waals surface area contributed by atoms with E-state index in [2.05, 4.69) is 36.6 Å². The first-order chi connectivity index (χ1) is 10.3. The third kappa shape index (κ3) is 1.74. The Morgan fingerprint density at radius 2 is 1.68 bits per heavy atom. The maximum Gasteiger partial charge on any atom is 0.374 e. The van der Waals surface area contributed by atoms with Crippen LogP contribution in [-0.2, 0) is 14.3 Å². The maximum absolute atomic E-state index is 12.0. The van der Waals surface area contributed by atoms with E-state index in [1.165, 1.54) is 11.1 Å². The Kier molecular flexibility index (Phi) is 2.43. The molecule has 0 bridgehead atoms. The molecule has 0 amide bonds. The number of anilines is 2. The summed E-state index contributed by atoms with van der Waals surface area (Å²) in [4.78, 5) is 12.0. The molecule has 5 heteroatoms. The summed E-state index contributed by atoms with van der Waals surface area (Å²) in [6.07, 6.45) is 0.711. The lowest BCUT2D eigenvalue weighted by Crippen LogP contribution is -2.53. The number of ether oxygens (including phenoxy) is 2. The Balaban J connectivity index is 1.83. The van der Waals surface area contributed by atoms with Crippen molar-refractivity contribution in [1.82, 2.24) is 0 Å². The van der Waals surface area contributed by atoms with Crippen LogP contribution in [0.25, 0.3) is 0 Å². The minimum Gasteiger partial charge on any atom is -0.480 e. The average molecular weight is 300 g/mol. The third-order valence-electron chi connectivity index (χ3n) is 4.72. The molecule has 0 saturated heterocycles. The fourth-order valence-corrected chi connectivity index (χ4v) is 3.62. The molecule has 3 aliphatic rings. The largest absolute Gasteiger partial charge is 0.480 e. The number of benzene rings is 1. The molecule has 2 N–H and O–H groups in total. The van der Waals surface area contributed by atoms with Crippen LogP contribution < -0.4 is 10.6 Å². The second-order valence-electron chi connectivity index (χ2n) is 7.06. The van der Waals surface area contributed by atoms with Crippen LogP contribution in [0.2, 0.25) is 0 Å². The van der Waals surface area contributed by atoms with E-state index in [0.29, 0.717) is 12.2 Å². The summed E-state index contributed by atoms with van der Waals surface area (Å²) in [5.41, 5.74) is 4.51. The molecule has 0 aromatic heterocycles. The number of aryl methyl sites for hydroxylation is 2. The number of carbonyl (C=O) groups is 1. The van der Waals surface area contributed by atoms with Crippen LogP contribution in [0.3, 0.4) is 0 Å². The Bertz CT molecular complexity index is 703. The summed E-state index contributed by atoms with van der Waals surface area (Å²) in [6, 6.07) is 4.29. The molecule has 3 heterocycles. The molecule has 0 atom stereocenters. The van der Waals surface area contributed by atoms with Gasteiger partial charge >= 0.3 is 5.97 Å². The van der Waals surface area contributed by atoms with Crippen LogP contribution in [0.15, 0.2) is 23.5 Å². The summed E-state index contributed by atoms with van der Waals surface area (Å²) < 4.78 is 11.1. The van der Waals surface area contributed by atoms with Crippen LogP contribution in [0, 0.1) is 13.8 Å². The highest BCUT2D eigenvalue weighted by Gasteiger charge is 2.54. The molecule has 116 valence electrons. The van der Waals surface area contributed by atoms with Gasteiger partial charge in [-0.05, 0) is 51.0 Å². The van der Waals surface area contributed by atoms with E-state index in [-0.39, 0.29) is 12.6 Å². The number of nitrogens with one attached hydrogen (secondary N) is 2. The zero-order valence-corrected chi connectivity index (χ0v) is 13.3. The first-order valence-corrected chi connectivity index (χ1v) is 7.57. The van der Waals surface area contributed by atoms with Crippen molar-refractivity contribution in [3.63, 3.8) is 0 Å². The van der Waals surface area contributed by atoms with Crippen LogP contribution in [0.5, 0.6) is 0 Å². The first kappa shape index (κ1) is 13.5. The summed E-state index contributed by atoms with van der Waals surface area (Å²) in [5, 5.41) is 7.17. The van der Waals surface area contributed by atoms with Gasteiger partial charge in [0.15, 0.2) is 0 Å². The second kappa shape index (κ2) is 3.97. The van der Waals surface area contributed by atoms with Gasteiger partial charge in [0.1, 0.15) is 17.9 Å². The van der Waals surface area contributed by atoms with Gasteiger partial charge < -0.3 is 20.1 Å². The lowest BCUT2D eigenvalue weighted by Gasteiger charge is -2.42. The van der Waals surface area contributed by atoms with Crippen LogP contribution >= 0.6 is 0 Å². The molecule has 1 aromatic carbocycles. The van der Waals surface area contributed by atoms with E-state index < -0.39 is 11.3 Å². The quantitative estimate of drug-likeness (QED) is 0.722. The van der Waals surface area contributed by atoms with Gasteiger partial charge in [0.25, 0.3) is 0 Å². The number of carbonyl (C=O) groups excluding carboxylic acids is 1. The molecule has 1 aromatic rings. The van der Waals surface area contributed by atoms with Crippen molar-refractivity contribution < 1.29 is 14.3 Å². The van der Waals surface area contributed by atoms with Gasteiger partial charge in [-0.3, -0.25) is 0 Å². The molecule has 0 unspecified atom stereocenters. The fraction of sp³-hybridized carbons (Fsp3) is 0.471. The smallest absolute Gasteiger partial charge is 0.374 e. The molecule has 1 spiro atoms. The van der Waals surface area contributed by atoms with Crippen molar-refractivity contribution in [2.75, 3.05) is 17.2 Å². The van der Waals surface area contributed by atoms with Crippen LogP contribution in [0.4, 0.5) is 11.4 Å². The molecule has 0 fully saturated rings. The topological polar surface area (TPSA) is 59.6 Å². The SMILES string of the molecule is Cc1cc2c(cc1C)NC1(CC(C)(C)OC3=C1COC3=O)N2. The van der Waals surface area contributed by atoms with Gasteiger partial charge in [0.2, 0.25) is 5.76 Å². The number of esters is 1. The number of fused-ring (bicyclic) bond motifs is 2. The maximum atomic E-state index is 12.0. The summed E-state index contributed by atoms with van der Waals surface area (Å²) >= 11 is 0. The Morgan fingerprint density at radius 3 is 2.27 bits per heavy atom. The predicted octanol–water partition coefficient (Wildman–Crippen LogP) is 2.85. The molecular weight excluding hydrogens is 280 g/mol. The summed E-state index contributed by atoms with van der Waals surface area (Å²) in [5.74, 6) is -0.00781. The highest BCUT2D eigenvalue weighted by molar-refractivity contribution is 5.92. The van der Waals surface area contributed by atoms with E-state index in [0.717, 1.165) is 16.9 Å². The van der Waals surface area contributed by atoms with E-state index in [1.54, 1.807) is 0 Å². The molecule has 22 heavy (non-hydrogen) atoms. The first-order valence-electron chi connectivity index (χ1n) is 7.57. The zero-order valence-electron chi connectivity index (χ0n) is 13.3. The van der Waals surface area contributed by atoms with E-state index in [9.17, 15) is 4.79 Å². The van der Waals surface area contributed by atoms with Gasteiger partial charge in [0.05, 0.1) is 16.9 Å². The number of cyclic esters (lactones) is 1. The molecule has 0 aliphatic carbocycles. The normalized spacial score (nSPS) is 23.4. The van der Waals surface area contributed by atoms with Crippen molar-refractivity contribution in [3.05, 3.63) is 34.6 Å². The second-order valence-corrected chi connectivity index (χ2v) is 7.06. The molecule has 0 saturated carbocycles. The number of hydrogen-bond donors (Lipinski definition) is 2. The zero-order chi connectivity index (χ0) is 15.7. The third-order valence-corrected chi connectivity index (χ3v) is 4.72. The van der Waals surface area contributed by atoms with E-state index >= 15 is 0 Å². The van der Waals surface area contributed by atoms with Gasteiger partial charge in [0, 0.05) is 6.42 Å². The minimum absolute atomic E-state index is 0.274. The highest BCUT2D eigenvalue weighted by Crippen LogP contribution is 2.48. The summed E-state index contributed by atoms with van der Waals surface area (Å²) in [6.45, 7) is 8.46. The Morgan fingerprint density at radius 1 is 1.09 bits per heavy atom. The van der Waals surface area contributed by atoms with Crippen molar-refractivity contribution >= 4 is 17.3 Å². The van der Waals surface area contributed by atoms with Crippen molar-refractivity contribution in [2.24, 2.45) is 0 Å². The van der Waals surface area contributed by atoms with Crippen LogP contribution in [0.1, 0.15) is 31.4 Å². The Labute approximate surface area is 129 Å². The number of rotatable bonds is 0. The van der Waals surface area contributed by atoms with Gasteiger partial charge in [-0.25, -0.2) is 4.79 Å². The predicted molar refractivity (Wildman–Crippen MR) is 83.7 cm³/mol.